The van der Waals surface area contributed by atoms with E-state index in [1.807, 2.05) is 67.9 Å². The Kier molecular flexibility index (Phi) is 6.75. The van der Waals surface area contributed by atoms with Gasteiger partial charge < -0.3 is 9.64 Å². The molecule has 0 fully saturated rings. The number of hydrogen-bond acceptors (Lipinski definition) is 3. The monoisotopic (exact) mass is 455 g/mol. The smallest absolute Gasteiger partial charge is 0.253 e. The van der Waals surface area contributed by atoms with Crippen molar-refractivity contribution in [3.05, 3.63) is 81.1 Å². The van der Waals surface area contributed by atoms with Gasteiger partial charge in [0.15, 0.2) is 0 Å². The van der Waals surface area contributed by atoms with E-state index in [-0.39, 0.29) is 5.91 Å². The molecule has 29 heavy (non-hydrogen) atoms. The van der Waals surface area contributed by atoms with Gasteiger partial charge in [-0.1, -0.05) is 30.3 Å². The lowest BCUT2D eigenvalue weighted by atomic mass is 10.1. The van der Waals surface area contributed by atoms with E-state index < -0.39 is 0 Å². The standard InChI is InChI=1S/C23H26BrN3O2/c1-5-27-21(20(24)13-25-27)14-26(4)23(28)19-11-9-18(10-12-19)15-29-22-16(2)7-6-8-17(22)3/h6-13H,5,14-15H2,1-4H3. The van der Waals surface area contributed by atoms with Gasteiger partial charge in [0.05, 0.1) is 22.9 Å². The fourth-order valence-corrected chi connectivity index (χ4v) is 3.68. The number of carbonyl (C=O) groups excluding carboxylic acids is 1. The van der Waals surface area contributed by atoms with Crippen LogP contribution in [-0.4, -0.2) is 27.6 Å². The second-order valence-corrected chi connectivity index (χ2v) is 7.98. The van der Waals surface area contributed by atoms with Gasteiger partial charge >= 0.3 is 0 Å². The molecule has 0 aliphatic carbocycles. The van der Waals surface area contributed by atoms with Crippen molar-refractivity contribution in [1.82, 2.24) is 14.7 Å². The van der Waals surface area contributed by atoms with E-state index in [4.69, 9.17) is 4.74 Å². The Balaban J connectivity index is 1.64. The SMILES string of the molecule is CCn1ncc(Br)c1CN(C)C(=O)c1ccc(COc2c(C)cccc2C)cc1. The number of carbonyl (C=O) groups is 1. The Bertz CT molecular complexity index is 976. The summed E-state index contributed by atoms with van der Waals surface area (Å²) in [6, 6.07) is 13.7. The van der Waals surface area contributed by atoms with Crippen molar-refractivity contribution < 1.29 is 9.53 Å². The zero-order valence-corrected chi connectivity index (χ0v) is 18.9. The van der Waals surface area contributed by atoms with Gasteiger partial charge in [0.2, 0.25) is 0 Å². The van der Waals surface area contributed by atoms with Crippen LogP contribution in [0.5, 0.6) is 5.75 Å². The lowest BCUT2D eigenvalue weighted by Crippen LogP contribution is -2.27. The number of benzene rings is 2. The molecule has 0 spiro atoms. The number of aryl methyl sites for hydroxylation is 3. The van der Waals surface area contributed by atoms with E-state index in [2.05, 4.69) is 21.0 Å². The second-order valence-electron chi connectivity index (χ2n) is 7.12. The molecule has 2 aromatic carbocycles. The van der Waals surface area contributed by atoms with Crippen molar-refractivity contribution in [2.75, 3.05) is 7.05 Å². The maximum Gasteiger partial charge on any atom is 0.253 e. The third-order valence-electron chi connectivity index (χ3n) is 4.92. The van der Waals surface area contributed by atoms with Crippen LogP contribution >= 0.6 is 15.9 Å². The van der Waals surface area contributed by atoms with Crippen molar-refractivity contribution in [2.45, 2.75) is 40.5 Å². The number of aromatic nitrogens is 2. The molecule has 1 heterocycles. The maximum absolute atomic E-state index is 12.8. The molecule has 0 saturated carbocycles. The molecule has 0 atom stereocenters. The molecular formula is C23H26BrN3O2. The summed E-state index contributed by atoms with van der Waals surface area (Å²) in [6.07, 6.45) is 1.77. The summed E-state index contributed by atoms with van der Waals surface area (Å²) in [5, 5.41) is 4.31. The number of nitrogens with zero attached hydrogens (tertiary/aromatic N) is 3. The van der Waals surface area contributed by atoms with E-state index in [0.29, 0.717) is 18.7 Å². The summed E-state index contributed by atoms with van der Waals surface area (Å²) in [7, 11) is 1.81. The van der Waals surface area contributed by atoms with Gasteiger partial charge in [0, 0.05) is 19.2 Å². The van der Waals surface area contributed by atoms with Crippen LogP contribution in [0, 0.1) is 13.8 Å². The minimum atomic E-state index is -0.0250. The normalized spacial score (nSPS) is 10.8. The molecule has 0 radical (unpaired) electrons. The van der Waals surface area contributed by atoms with Crippen LogP contribution in [0.1, 0.15) is 39.7 Å². The minimum absolute atomic E-state index is 0.0250. The number of para-hydroxylation sites is 1. The summed E-state index contributed by atoms with van der Waals surface area (Å²) in [6.45, 7) is 7.84. The highest BCUT2D eigenvalue weighted by Gasteiger charge is 2.16. The lowest BCUT2D eigenvalue weighted by molar-refractivity contribution is 0.0781. The first-order valence-corrected chi connectivity index (χ1v) is 10.4. The third-order valence-corrected chi connectivity index (χ3v) is 5.59. The second kappa shape index (κ2) is 9.27. The van der Waals surface area contributed by atoms with Crippen molar-refractivity contribution in [2.24, 2.45) is 0 Å². The average Bonchev–Trinajstić information content (AvgIpc) is 3.07. The first-order chi connectivity index (χ1) is 13.9. The Morgan fingerprint density at radius 2 is 1.79 bits per heavy atom. The van der Waals surface area contributed by atoms with Crippen LogP contribution in [0.25, 0.3) is 0 Å². The van der Waals surface area contributed by atoms with Crippen LogP contribution in [-0.2, 0) is 19.7 Å². The van der Waals surface area contributed by atoms with Gasteiger partial charge in [0.1, 0.15) is 12.4 Å². The number of amides is 1. The van der Waals surface area contributed by atoms with E-state index in [1.54, 1.807) is 18.1 Å². The van der Waals surface area contributed by atoms with Gasteiger partial charge in [-0.25, -0.2) is 0 Å². The molecule has 0 bridgehead atoms. The Labute approximate surface area is 180 Å². The third kappa shape index (κ3) is 4.88. The van der Waals surface area contributed by atoms with Crippen molar-refractivity contribution in [1.29, 1.82) is 0 Å². The number of hydrogen-bond donors (Lipinski definition) is 0. The highest BCUT2D eigenvalue weighted by molar-refractivity contribution is 9.10. The molecule has 1 aromatic heterocycles. The van der Waals surface area contributed by atoms with Gasteiger partial charge in [-0.15, -0.1) is 0 Å². The summed E-state index contributed by atoms with van der Waals surface area (Å²) in [4.78, 5) is 14.5. The average molecular weight is 456 g/mol. The molecule has 0 N–H and O–H groups in total. The first-order valence-electron chi connectivity index (χ1n) is 9.64. The van der Waals surface area contributed by atoms with Crippen LogP contribution in [0.3, 0.4) is 0 Å². The molecule has 0 aliphatic rings. The Morgan fingerprint density at radius 1 is 1.14 bits per heavy atom. The molecule has 0 unspecified atom stereocenters. The maximum atomic E-state index is 12.8. The highest BCUT2D eigenvalue weighted by Crippen LogP contribution is 2.24. The Morgan fingerprint density at radius 3 is 2.41 bits per heavy atom. The topological polar surface area (TPSA) is 47.4 Å². The van der Waals surface area contributed by atoms with Gasteiger partial charge in [-0.3, -0.25) is 9.48 Å². The molecule has 152 valence electrons. The van der Waals surface area contributed by atoms with E-state index in [1.165, 1.54) is 0 Å². The summed E-state index contributed by atoms with van der Waals surface area (Å²) < 4.78 is 8.81. The zero-order chi connectivity index (χ0) is 21.0. The molecule has 0 saturated heterocycles. The van der Waals surface area contributed by atoms with Gasteiger partial charge in [-0.2, -0.15) is 5.10 Å². The molecular weight excluding hydrogens is 430 g/mol. The number of rotatable bonds is 7. The van der Waals surface area contributed by atoms with Crippen LogP contribution in [0.2, 0.25) is 0 Å². The molecule has 5 nitrogen and oxygen atoms in total. The summed E-state index contributed by atoms with van der Waals surface area (Å²) >= 11 is 3.51. The molecule has 3 aromatic rings. The molecule has 0 aliphatic heterocycles. The number of halogens is 1. The highest BCUT2D eigenvalue weighted by atomic mass is 79.9. The fourth-order valence-electron chi connectivity index (χ4n) is 3.26. The summed E-state index contributed by atoms with van der Waals surface area (Å²) in [5.74, 6) is 0.897. The minimum Gasteiger partial charge on any atom is -0.488 e. The van der Waals surface area contributed by atoms with E-state index in [9.17, 15) is 4.79 Å². The van der Waals surface area contributed by atoms with Gasteiger partial charge in [0.25, 0.3) is 5.91 Å². The van der Waals surface area contributed by atoms with Crippen molar-refractivity contribution in [3.63, 3.8) is 0 Å². The molecule has 1 amide bonds. The lowest BCUT2D eigenvalue weighted by Gasteiger charge is -2.18. The van der Waals surface area contributed by atoms with Crippen LogP contribution in [0.15, 0.2) is 53.1 Å². The van der Waals surface area contributed by atoms with Crippen LogP contribution < -0.4 is 4.74 Å². The molecule has 3 rings (SSSR count). The van der Waals surface area contributed by atoms with Crippen molar-refractivity contribution in [3.8, 4) is 5.75 Å². The predicted molar refractivity (Wildman–Crippen MR) is 118 cm³/mol. The largest absolute Gasteiger partial charge is 0.488 e. The fraction of sp³-hybridized carbons (Fsp3) is 0.304. The van der Waals surface area contributed by atoms with E-state index in [0.717, 1.165) is 39.2 Å². The number of ether oxygens (including phenoxy) is 1. The first kappa shape index (κ1) is 21.1. The van der Waals surface area contributed by atoms with Gasteiger partial charge in [-0.05, 0) is 65.5 Å². The van der Waals surface area contributed by atoms with E-state index >= 15 is 0 Å². The van der Waals surface area contributed by atoms with Crippen molar-refractivity contribution >= 4 is 21.8 Å². The summed E-state index contributed by atoms with van der Waals surface area (Å²) in [5.41, 5.74) is 4.91. The molecule has 6 heteroatoms. The predicted octanol–water partition coefficient (Wildman–Crippen LogP) is 5.13. The Hall–Kier alpha value is -2.60. The zero-order valence-electron chi connectivity index (χ0n) is 17.3. The quantitative estimate of drug-likeness (QED) is 0.495. The van der Waals surface area contributed by atoms with Crippen LogP contribution in [0.4, 0.5) is 0 Å².